The molecule has 0 spiro atoms. The minimum absolute atomic E-state index is 0.193. The van der Waals surface area contributed by atoms with Crippen molar-refractivity contribution in [2.75, 3.05) is 0 Å². The van der Waals surface area contributed by atoms with Gasteiger partial charge in [-0.15, -0.1) is 0 Å². The van der Waals surface area contributed by atoms with Crippen LogP contribution in [0.25, 0.3) is 0 Å². The van der Waals surface area contributed by atoms with E-state index in [1.165, 1.54) is 25.4 Å². The van der Waals surface area contributed by atoms with Gasteiger partial charge in [-0.25, -0.2) is 0 Å². The molecule has 0 saturated carbocycles. The molecule has 0 aliphatic carbocycles. The standard InChI is InChI=1S/C10H11IN2O2/c1-4-8(7(3)14)13-6-9(10(11)15)12-5-2/h4-6H,1H2,2-3H3/b9-6-,12-5+,13-8+. The minimum atomic E-state index is -0.235. The minimum Gasteiger partial charge on any atom is -0.293 e. The predicted octanol–water partition coefficient (Wildman–Crippen LogP) is 2.10. The van der Waals surface area contributed by atoms with E-state index in [1.54, 1.807) is 29.5 Å². The SMILES string of the molecule is C=C\C(=N/C=C(\N=C\C)C(=O)I)C(C)=O. The Bertz CT molecular complexity index is 368. The van der Waals surface area contributed by atoms with Crippen molar-refractivity contribution in [3.05, 3.63) is 24.6 Å². The number of halogens is 1. The molecule has 0 radical (unpaired) electrons. The van der Waals surface area contributed by atoms with Crippen LogP contribution < -0.4 is 0 Å². The summed E-state index contributed by atoms with van der Waals surface area (Å²) in [7, 11) is 0. The fourth-order valence-electron chi connectivity index (χ4n) is 0.692. The van der Waals surface area contributed by atoms with Gasteiger partial charge in [0, 0.05) is 35.7 Å². The molecule has 0 fully saturated rings. The lowest BCUT2D eigenvalue weighted by Gasteiger charge is -1.93. The fourth-order valence-corrected chi connectivity index (χ4v) is 0.970. The van der Waals surface area contributed by atoms with E-state index in [9.17, 15) is 9.59 Å². The van der Waals surface area contributed by atoms with Gasteiger partial charge in [-0.2, -0.15) is 0 Å². The third-order valence-electron chi connectivity index (χ3n) is 1.35. The number of rotatable bonds is 5. The number of carbonyl (C=O) groups is 2. The van der Waals surface area contributed by atoms with Crippen LogP contribution in [0.1, 0.15) is 13.8 Å². The van der Waals surface area contributed by atoms with Crippen molar-refractivity contribution in [2.24, 2.45) is 9.98 Å². The molecule has 4 nitrogen and oxygen atoms in total. The summed E-state index contributed by atoms with van der Waals surface area (Å²) in [6.07, 6.45) is 4.08. The summed E-state index contributed by atoms with van der Waals surface area (Å²) in [5.41, 5.74) is 0.398. The van der Waals surface area contributed by atoms with E-state index in [1.807, 2.05) is 0 Å². The lowest BCUT2D eigenvalue weighted by atomic mass is 10.3. The van der Waals surface area contributed by atoms with Crippen LogP contribution in [-0.2, 0) is 9.59 Å². The maximum Gasteiger partial charge on any atom is 0.242 e. The summed E-state index contributed by atoms with van der Waals surface area (Å²) in [6.45, 7) is 6.51. The van der Waals surface area contributed by atoms with E-state index in [0.29, 0.717) is 0 Å². The Morgan fingerprint density at radius 1 is 1.40 bits per heavy atom. The number of hydrogen-bond donors (Lipinski definition) is 0. The Morgan fingerprint density at radius 2 is 2.00 bits per heavy atom. The number of allylic oxidation sites excluding steroid dienone is 2. The second-order valence-corrected chi connectivity index (χ2v) is 3.43. The second kappa shape index (κ2) is 7.22. The number of aliphatic imine (C=N–C) groups is 2. The van der Waals surface area contributed by atoms with E-state index < -0.39 is 0 Å². The van der Waals surface area contributed by atoms with E-state index in [0.717, 1.165) is 0 Å². The van der Waals surface area contributed by atoms with Crippen molar-refractivity contribution < 1.29 is 9.59 Å². The van der Waals surface area contributed by atoms with Crippen LogP contribution in [-0.4, -0.2) is 21.5 Å². The number of hydrogen-bond acceptors (Lipinski definition) is 4. The molecule has 0 rings (SSSR count). The smallest absolute Gasteiger partial charge is 0.242 e. The fraction of sp³-hybridized carbons (Fsp3) is 0.200. The molecule has 0 aromatic heterocycles. The van der Waals surface area contributed by atoms with Crippen LogP contribution in [0, 0.1) is 0 Å². The molecule has 0 amide bonds. The van der Waals surface area contributed by atoms with Crippen molar-refractivity contribution in [3.8, 4) is 0 Å². The van der Waals surface area contributed by atoms with Gasteiger partial charge in [-0.1, -0.05) is 6.58 Å². The number of nitrogens with zero attached hydrogens (tertiary/aromatic N) is 2. The molecule has 0 N–H and O–H groups in total. The maximum absolute atomic E-state index is 11.0. The Balaban J connectivity index is 5.07. The molecule has 0 unspecified atom stereocenters. The van der Waals surface area contributed by atoms with Crippen molar-refractivity contribution in [1.82, 2.24) is 0 Å². The molecular weight excluding hydrogens is 307 g/mol. The van der Waals surface area contributed by atoms with Gasteiger partial charge in [0.25, 0.3) is 0 Å². The quantitative estimate of drug-likeness (QED) is 0.337. The van der Waals surface area contributed by atoms with Gasteiger partial charge >= 0.3 is 0 Å². The van der Waals surface area contributed by atoms with Crippen molar-refractivity contribution in [1.29, 1.82) is 0 Å². The Kier molecular flexibility index (Phi) is 6.68. The summed E-state index contributed by atoms with van der Waals surface area (Å²) < 4.78 is -0.235. The molecule has 0 heterocycles. The van der Waals surface area contributed by atoms with Crippen LogP contribution in [0.3, 0.4) is 0 Å². The van der Waals surface area contributed by atoms with Crippen molar-refractivity contribution >= 4 is 44.1 Å². The monoisotopic (exact) mass is 318 g/mol. The number of carbonyl (C=O) groups excluding carboxylic acids is 2. The highest BCUT2D eigenvalue weighted by Gasteiger charge is 2.03. The van der Waals surface area contributed by atoms with Gasteiger partial charge < -0.3 is 0 Å². The molecule has 0 aliphatic rings. The molecule has 0 aromatic rings. The van der Waals surface area contributed by atoms with Gasteiger partial charge in [-0.05, 0) is 13.0 Å². The zero-order valence-corrected chi connectivity index (χ0v) is 10.7. The van der Waals surface area contributed by atoms with E-state index >= 15 is 0 Å². The number of Topliss-reactive ketones (excluding diaryl/α,β-unsaturated/α-hetero) is 1. The average Bonchev–Trinajstić information content (AvgIpc) is 2.16. The number of ketones is 1. The molecule has 0 saturated heterocycles. The summed E-state index contributed by atoms with van der Waals surface area (Å²) >= 11 is 1.60. The summed E-state index contributed by atoms with van der Waals surface area (Å²) in [5.74, 6) is -0.206. The first kappa shape index (κ1) is 13.9. The first-order valence-corrected chi connectivity index (χ1v) is 5.20. The summed E-state index contributed by atoms with van der Waals surface area (Å²) in [4.78, 5) is 29.6. The third kappa shape index (κ3) is 5.36. The Labute approximate surface area is 102 Å². The van der Waals surface area contributed by atoms with Crippen LogP contribution in [0.2, 0.25) is 0 Å². The van der Waals surface area contributed by atoms with Crippen LogP contribution in [0.4, 0.5) is 0 Å². The Morgan fingerprint density at radius 3 is 2.33 bits per heavy atom. The molecule has 0 aromatic carbocycles. The summed E-state index contributed by atoms with van der Waals surface area (Å²) in [5, 5.41) is 0. The van der Waals surface area contributed by atoms with Gasteiger partial charge in [0.05, 0.1) is 6.20 Å². The molecule has 0 bridgehead atoms. The molecule has 0 atom stereocenters. The van der Waals surface area contributed by atoms with E-state index in [4.69, 9.17) is 0 Å². The Hall–Kier alpha value is -1.11. The lowest BCUT2D eigenvalue weighted by molar-refractivity contribution is -0.111. The van der Waals surface area contributed by atoms with E-state index in [-0.39, 0.29) is 21.0 Å². The molecule has 15 heavy (non-hydrogen) atoms. The molecule has 0 aliphatic heterocycles. The van der Waals surface area contributed by atoms with Gasteiger partial charge in [0.15, 0.2) is 5.78 Å². The zero-order valence-electron chi connectivity index (χ0n) is 8.53. The predicted molar refractivity (Wildman–Crippen MR) is 69.6 cm³/mol. The molecule has 80 valence electrons. The highest BCUT2D eigenvalue weighted by molar-refractivity contribution is 14.1. The zero-order chi connectivity index (χ0) is 11.8. The topological polar surface area (TPSA) is 58.9 Å². The largest absolute Gasteiger partial charge is 0.293 e. The highest BCUT2D eigenvalue weighted by Crippen LogP contribution is 2.05. The third-order valence-corrected chi connectivity index (χ3v) is 1.90. The normalized spacial score (nSPS) is 13.0. The van der Waals surface area contributed by atoms with Gasteiger partial charge in [-0.3, -0.25) is 19.6 Å². The van der Waals surface area contributed by atoms with Crippen LogP contribution in [0.15, 0.2) is 34.5 Å². The molecular formula is C10H11IN2O2. The second-order valence-electron chi connectivity index (χ2n) is 2.45. The lowest BCUT2D eigenvalue weighted by Crippen LogP contribution is -2.05. The van der Waals surface area contributed by atoms with Gasteiger partial charge in [0.2, 0.25) is 3.79 Å². The maximum atomic E-state index is 11.0. The molecule has 5 heteroatoms. The average molecular weight is 318 g/mol. The first-order chi connectivity index (χ1) is 7.02. The highest BCUT2D eigenvalue weighted by atomic mass is 127. The van der Waals surface area contributed by atoms with Crippen molar-refractivity contribution in [2.45, 2.75) is 13.8 Å². The van der Waals surface area contributed by atoms with Crippen LogP contribution >= 0.6 is 22.6 Å². The van der Waals surface area contributed by atoms with Gasteiger partial charge in [0.1, 0.15) is 11.4 Å². The first-order valence-electron chi connectivity index (χ1n) is 4.12. The van der Waals surface area contributed by atoms with E-state index in [2.05, 4.69) is 16.6 Å². The van der Waals surface area contributed by atoms with Crippen LogP contribution in [0.5, 0.6) is 0 Å². The summed E-state index contributed by atoms with van der Waals surface area (Å²) in [6, 6.07) is 0. The van der Waals surface area contributed by atoms with Crippen molar-refractivity contribution in [3.63, 3.8) is 0 Å².